The zero-order valence-corrected chi connectivity index (χ0v) is 15.4. The van der Waals surface area contributed by atoms with Gasteiger partial charge in [0.2, 0.25) is 0 Å². The van der Waals surface area contributed by atoms with E-state index in [9.17, 15) is 4.79 Å². The van der Waals surface area contributed by atoms with Crippen LogP contribution in [0.4, 0.5) is 5.69 Å². The van der Waals surface area contributed by atoms with Crippen LogP contribution in [0.5, 0.6) is 0 Å². The van der Waals surface area contributed by atoms with Crippen molar-refractivity contribution in [2.45, 2.75) is 13.0 Å². The highest BCUT2D eigenvalue weighted by Crippen LogP contribution is 2.34. The van der Waals surface area contributed by atoms with Gasteiger partial charge in [0.05, 0.1) is 18.7 Å². The summed E-state index contributed by atoms with van der Waals surface area (Å²) >= 11 is 11.5. The molecule has 0 amide bonds. The highest BCUT2D eigenvalue weighted by atomic mass is 35.5. The summed E-state index contributed by atoms with van der Waals surface area (Å²) in [7, 11) is 1.38. The first-order valence-corrected chi connectivity index (χ1v) is 8.51. The maximum Gasteiger partial charge on any atom is 0.337 e. The number of esters is 1. The molecule has 1 unspecified atom stereocenters. The largest absolute Gasteiger partial charge is 0.466 e. The molecule has 2 aromatic rings. The summed E-state index contributed by atoms with van der Waals surface area (Å²) in [5.41, 5.74) is 3.02. The Morgan fingerprint density at radius 3 is 2.40 bits per heavy atom. The molecule has 1 atom stereocenters. The fourth-order valence-electron chi connectivity index (χ4n) is 2.91. The zero-order chi connectivity index (χ0) is 18.0. The molecule has 0 saturated carbocycles. The maximum absolute atomic E-state index is 12.5. The fourth-order valence-corrected chi connectivity index (χ4v) is 3.40. The minimum atomic E-state index is -0.389. The topological polar surface area (TPSA) is 41.6 Å². The van der Waals surface area contributed by atoms with Crippen molar-refractivity contribution in [2.75, 3.05) is 12.0 Å². The van der Waals surface area contributed by atoms with Crippen LogP contribution < -0.4 is 10.2 Å². The Balaban J connectivity index is 2.12. The molecule has 0 spiro atoms. The van der Waals surface area contributed by atoms with E-state index in [4.69, 9.17) is 28.6 Å². The summed E-state index contributed by atoms with van der Waals surface area (Å²) in [6.45, 7) is 1.87. The summed E-state index contributed by atoms with van der Waals surface area (Å²) in [5.74, 6) is -0.389. The van der Waals surface area contributed by atoms with E-state index >= 15 is 0 Å². The van der Waals surface area contributed by atoms with Crippen molar-refractivity contribution in [3.63, 3.8) is 0 Å². The lowest BCUT2D eigenvalue weighted by atomic mass is 9.95. The molecule has 128 valence electrons. The van der Waals surface area contributed by atoms with Crippen LogP contribution in [0.2, 0.25) is 5.02 Å². The predicted octanol–water partition coefficient (Wildman–Crippen LogP) is 4.22. The average molecular weight is 373 g/mol. The van der Waals surface area contributed by atoms with Crippen molar-refractivity contribution in [3.8, 4) is 0 Å². The number of hydrogen-bond acceptors (Lipinski definition) is 3. The van der Waals surface area contributed by atoms with Crippen LogP contribution in [-0.2, 0) is 9.53 Å². The molecular formula is C19H17ClN2O2S. The second-order valence-corrected chi connectivity index (χ2v) is 6.42. The third kappa shape index (κ3) is 3.38. The van der Waals surface area contributed by atoms with Crippen LogP contribution in [0, 0.1) is 0 Å². The van der Waals surface area contributed by atoms with E-state index in [1.807, 2.05) is 54.3 Å². The highest BCUT2D eigenvalue weighted by molar-refractivity contribution is 7.80. The van der Waals surface area contributed by atoms with Crippen molar-refractivity contribution in [1.82, 2.24) is 5.32 Å². The smallest absolute Gasteiger partial charge is 0.337 e. The first kappa shape index (κ1) is 17.5. The number of nitrogens with one attached hydrogen (secondary N) is 1. The molecule has 6 heteroatoms. The quantitative estimate of drug-likeness (QED) is 0.645. The molecule has 4 nitrogen and oxygen atoms in total. The van der Waals surface area contributed by atoms with Gasteiger partial charge in [0.15, 0.2) is 5.11 Å². The maximum atomic E-state index is 12.5. The fraction of sp³-hybridized carbons (Fsp3) is 0.158. The number of ether oxygens (including phenoxy) is 1. The summed E-state index contributed by atoms with van der Waals surface area (Å²) in [5, 5.41) is 4.41. The van der Waals surface area contributed by atoms with Gasteiger partial charge in [0.1, 0.15) is 0 Å². The van der Waals surface area contributed by atoms with Gasteiger partial charge in [-0.05, 0) is 49.0 Å². The molecule has 1 N–H and O–H groups in total. The van der Waals surface area contributed by atoms with Gasteiger partial charge in [0.25, 0.3) is 0 Å². The molecule has 3 rings (SSSR count). The zero-order valence-electron chi connectivity index (χ0n) is 13.8. The van der Waals surface area contributed by atoms with Crippen molar-refractivity contribution < 1.29 is 9.53 Å². The van der Waals surface area contributed by atoms with Gasteiger partial charge in [-0.15, -0.1) is 0 Å². The predicted molar refractivity (Wildman–Crippen MR) is 104 cm³/mol. The van der Waals surface area contributed by atoms with Crippen LogP contribution in [0.15, 0.2) is 65.9 Å². The average Bonchev–Trinajstić information content (AvgIpc) is 2.63. The van der Waals surface area contributed by atoms with Crippen LogP contribution in [0.3, 0.4) is 0 Å². The van der Waals surface area contributed by atoms with Gasteiger partial charge in [0, 0.05) is 16.4 Å². The number of carbonyl (C=O) groups excluding carboxylic acids is 1. The minimum absolute atomic E-state index is 0.357. The molecule has 25 heavy (non-hydrogen) atoms. The van der Waals surface area contributed by atoms with Crippen molar-refractivity contribution in [2.24, 2.45) is 0 Å². The van der Waals surface area contributed by atoms with Gasteiger partial charge in [-0.3, -0.25) is 4.90 Å². The van der Waals surface area contributed by atoms with Gasteiger partial charge < -0.3 is 10.1 Å². The van der Waals surface area contributed by atoms with E-state index in [0.29, 0.717) is 15.7 Å². The van der Waals surface area contributed by atoms with E-state index in [0.717, 1.165) is 16.9 Å². The van der Waals surface area contributed by atoms with Crippen LogP contribution in [0.1, 0.15) is 18.5 Å². The summed E-state index contributed by atoms with van der Waals surface area (Å²) < 4.78 is 5.02. The number of methoxy groups -OCH3 is 1. The summed E-state index contributed by atoms with van der Waals surface area (Å²) in [4.78, 5) is 14.3. The van der Waals surface area contributed by atoms with E-state index < -0.39 is 0 Å². The molecule has 0 radical (unpaired) electrons. The Morgan fingerprint density at radius 2 is 1.80 bits per heavy atom. The lowest BCUT2D eigenvalue weighted by Crippen LogP contribution is -2.48. The number of hydrogen-bond donors (Lipinski definition) is 1. The Kier molecular flexibility index (Phi) is 5.06. The molecule has 0 aliphatic carbocycles. The van der Waals surface area contributed by atoms with Crippen molar-refractivity contribution in [3.05, 3.63) is 76.5 Å². The number of halogens is 1. The Hall–Kier alpha value is -2.37. The minimum Gasteiger partial charge on any atom is -0.466 e. The lowest BCUT2D eigenvalue weighted by Gasteiger charge is -2.37. The molecule has 0 bridgehead atoms. The molecule has 1 aliphatic rings. The Bertz CT molecular complexity index is 834. The third-order valence-electron chi connectivity index (χ3n) is 4.11. The number of thiocarbonyl (C=S) groups is 1. The van der Waals surface area contributed by atoms with Crippen molar-refractivity contribution in [1.29, 1.82) is 0 Å². The van der Waals surface area contributed by atoms with Crippen LogP contribution in [-0.4, -0.2) is 18.2 Å². The Labute approximate surface area is 157 Å². The number of carbonyl (C=O) groups is 1. The van der Waals surface area contributed by atoms with Crippen LogP contribution in [0.25, 0.3) is 0 Å². The number of rotatable bonds is 3. The molecule has 0 fully saturated rings. The van der Waals surface area contributed by atoms with Crippen LogP contribution >= 0.6 is 23.8 Å². The van der Waals surface area contributed by atoms with Gasteiger partial charge in [-0.25, -0.2) is 4.79 Å². The van der Waals surface area contributed by atoms with Gasteiger partial charge in [-0.1, -0.05) is 41.9 Å². The molecular weight excluding hydrogens is 356 g/mol. The number of anilines is 1. The second kappa shape index (κ2) is 7.25. The SMILES string of the molecule is COC(=O)C1=C(C)N(c2ccc(Cl)cc2)C(=S)NC1c1ccccc1. The first-order valence-electron chi connectivity index (χ1n) is 7.73. The van der Waals surface area contributed by atoms with Gasteiger partial charge >= 0.3 is 5.97 Å². The Morgan fingerprint density at radius 1 is 1.16 bits per heavy atom. The molecule has 0 saturated heterocycles. The van der Waals surface area contributed by atoms with E-state index in [2.05, 4.69) is 5.32 Å². The summed E-state index contributed by atoms with van der Waals surface area (Å²) in [6, 6.07) is 16.6. The standard InChI is InChI=1S/C19H17ClN2O2S/c1-12-16(18(23)24-2)17(13-6-4-3-5-7-13)21-19(25)22(12)15-10-8-14(20)9-11-15/h3-11,17H,1-2H3,(H,21,25). The molecule has 0 aromatic heterocycles. The third-order valence-corrected chi connectivity index (χ3v) is 4.66. The first-order chi connectivity index (χ1) is 12.0. The monoisotopic (exact) mass is 372 g/mol. The van der Waals surface area contributed by atoms with Gasteiger partial charge in [-0.2, -0.15) is 0 Å². The number of allylic oxidation sites excluding steroid dienone is 1. The number of nitrogens with zero attached hydrogens (tertiary/aromatic N) is 1. The summed E-state index contributed by atoms with van der Waals surface area (Å²) in [6.07, 6.45) is 0. The molecule has 1 heterocycles. The normalized spacial score (nSPS) is 17.3. The van der Waals surface area contributed by atoms with E-state index in [1.165, 1.54) is 7.11 Å². The highest BCUT2D eigenvalue weighted by Gasteiger charge is 2.35. The van der Waals surface area contributed by atoms with E-state index in [1.54, 1.807) is 12.1 Å². The van der Waals surface area contributed by atoms with E-state index in [-0.39, 0.29) is 12.0 Å². The second-order valence-electron chi connectivity index (χ2n) is 5.60. The molecule has 2 aromatic carbocycles. The van der Waals surface area contributed by atoms with Crippen molar-refractivity contribution >= 4 is 40.6 Å². The lowest BCUT2D eigenvalue weighted by molar-refractivity contribution is -0.136. The number of benzene rings is 2. The molecule has 1 aliphatic heterocycles.